The summed E-state index contributed by atoms with van der Waals surface area (Å²) in [4.78, 5) is -0.0103. The summed E-state index contributed by atoms with van der Waals surface area (Å²) in [5.41, 5.74) is 6.43. The molecule has 2 rings (SSSR count). The monoisotopic (exact) mass is 322 g/mol. The second-order valence-corrected chi connectivity index (χ2v) is 6.12. The molecule has 0 atom stereocenters. The first-order chi connectivity index (χ1) is 10.5. The SMILES string of the molecule is CCOc1ccc(NS(=O)(=O)c2cc(N)ccc2OC)cc1. The van der Waals surface area contributed by atoms with Gasteiger partial charge in [0.2, 0.25) is 0 Å². The van der Waals surface area contributed by atoms with Crippen molar-refractivity contribution in [2.24, 2.45) is 0 Å². The molecule has 22 heavy (non-hydrogen) atoms. The van der Waals surface area contributed by atoms with E-state index in [4.69, 9.17) is 15.2 Å². The van der Waals surface area contributed by atoms with E-state index in [0.29, 0.717) is 23.7 Å². The number of ether oxygens (including phenoxy) is 2. The summed E-state index contributed by atoms with van der Waals surface area (Å²) in [7, 11) is -2.40. The van der Waals surface area contributed by atoms with E-state index < -0.39 is 10.0 Å². The Labute approximate surface area is 129 Å². The quantitative estimate of drug-likeness (QED) is 0.797. The molecule has 0 aliphatic rings. The molecule has 0 spiro atoms. The maximum absolute atomic E-state index is 12.5. The van der Waals surface area contributed by atoms with E-state index in [2.05, 4.69) is 4.72 Å². The van der Waals surface area contributed by atoms with Crippen molar-refractivity contribution in [1.29, 1.82) is 0 Å². The summed E-state index contributed by atoms with van der Waals surface area (Å²) in [6, 6.07) is 11.1. The Hall–Kier alpha value is -2.41. The van der Waals surface area contributed by atoms with E-state index in [1.54, 1.807) is 30.3 Å². The molecule has 0 fully saturated rings. The van der Waals surface area contributed by atoms with E-state index in [0.717, 1.165) is 0 Å². The predicted molar refractivity (Wildman–Crippen MR) is 85.8 cm³/mol. The summed E-state index contributed by atoms with van der Waals surface area (Å²) in [6.45, 7) is 2.42. The van der Waals surface area contributed by atoms with Gasteiger partial charge in [0, 0.05) is 11.4 Å². The van der Waals surface area contributed by atoms with Gasteiger partial charge in [-0.25, -0.2) is 8.42 Å². The van der Waals surface area contributed by atoms with Gasteiger partial charge < -0.3 is 15.2 Å². The van der Waals surface area contributed by atoms with Crippen molar-refractivity contribution < 1.29 is 17.9 Å². The molecule has 3 N–H and O–H groups in total. The standard InChI is InChI=1S/C15H18N2O4S/c1-3-21-13-7-5-12(6-8-13)17-22(18,19)15-10-11(16)4-9-14(15)20-2/h4-10,17H,3,16H2,1-2H3. The molecule has 6 nitrogen and oxygen atoms in total. The lowest BCUT2D eigenvalue weighted by atomic mass is 10.3. The largest absolute Gasteiger partial charge is 0.495 e. The van der Waals surface area contributed by atoms with E-state index in [1.807, 2.05) is 6.92 Å². The van der Waals surface area contributed by atoms with Crippen LogP contribution in [-0.4, -0.2) is 22.1 Å². The van der Waals surface area contributed by atoms with Crippen LogP contribution in [0.3, 0.4) is 0 Å². The third kappa shape index (κ3) is 3.62. The Bertz CT molecular complexity index is 743. The van der Waals surface area contributed by atoms with Gasteiger partial charge in [-0.15, -0.1) is 0 Å². The van der Waals surface area contributed by atoms with Gasteiger partial charge in [-0.2, -0.15) is 0 Å². The van der Waals surface area contributed by atoms with Crippen LogP contribution in [0.1, 0.15) is 6.92 Å². The summed E-state index contributed by atoms with van der Waals surface area (Å²) in [6.07, 6.45) is 0. The van der Waals surface area contributed by atoms with Crippen LogP contribution < -0.4 is 19.9 Å². The highest BCUT2D eigenvalue weighted by Gasteiger charge is 2.20. The lowest BCUT2D eigenvalue weighted by Gasteiger charge is -2.12. The van der Waals surface area contributed by atoms with Crippen LogP contribution in [0.4, 0.5) is 11.4 Å². The lowest BCUT2D eigenvalue weighted by Crippen LogP contribution is -2.14. The molecule has 0 aromatic heterocycles. The van der Waals surface area contributed by atoms with Crippen molar-refractivity contribution in [2.45, 2.75) is 11.8 Å². The predicted octanol–water partition coefficient (Wildman–Crippen LogP) is 2.48. The Kier molecular flexibility index (Phi) is 4.77. The first kappa shape index (κ1) is 16.0. The van der Waals surface area contributed by atoms with E-state index in [1.165, 1.54) is 19.2 Å². The first-order valence-electron chi connectivity index (χ1n) is 6.65. The molecule has 0 radical (unpaired) electrons. The van der Waals surface area contributed by atoms with Crippen molar-refractivity contribution in [3.05, 3.63) is 42.5 Å². The maximum atomic E-state index is 12.5. The minimum atomic E-state index is -3.80. The minimum absolute atomic E-state index is 0.0103. The zero-order valence-corrected chi connectivity index (χ0v) is 13.2. The Morgan fingerprint density at radius 1 is 1.14 bits per heavy atom. The Morgan fingerprint density at radius 2 is 1.82 bits per heavy atom. The van der Waals surface area contributed by atoms with Gasteiger partial charge in [-0.3, -0.25) is 4.72 Å². The second-order valence-electron chi connectivity index (χ2n) is 4.47. The Morgan fingerprint density at radius 3 is 2.41 bits per heavy atom. The molecule has 0 saturated heterocycles. The first-order valence-corrected chi connectivity index (χ1v) is 8.14. The van der Waals surface area contributed by atoms with E-state index >= 15 is 0 Å². The molecule has 0 unspecified atom stereocenters. The van der Waals surface area contributed by atoms with Crippen molar-refractivity contribution >= 4 is 21.4 Å². The van der Waals surface area contributed by atoms with Crippen LogP contribution in [0.25, 0.3) is 0 Å². The summed E-state index contributed by atoms with van der Waals surface area (Å²) >= 11 is 0. The van der Waals surface area contributed by atoms with Crippen LogP contribution in [-0.2, 0) is 10.0 Å². The van der Waals surface area contributed by atoms with E-state index in [-0.39, 0.29) is 10.6 Å². The molecular formula is C15H18N2O4S. The van der Waals surface area contributed by atoms with Crippen LogP contribution in [0.5, 0.6) is 11.5 Å². The average Bonchev–Trinajstić information content (AvgIpc) is 2.49. The lowest BCUT2D eigenvalue weighted by molar-refractivity contribution is 0.340. The van der Waals surface area contributed by atoms with Gasteiger partial charge in [0.15, 0.2) is 0 Å². The van der Waals surface area contributed by atoms with Crippen LogP contribution in [0.2, 0.25) is 0 Å². The van der Waals surface area contributed by atoms with E-state index in [9.17, 15) is 8.42 Å². The van der Waals surface area contributed by atoms with Crippen molar-refractivity contribution in [3.63, 3.8) is 0 Å². The van der Waals surface area contributed by atoms with Gasteiger partial charge in [-0.05, 0) is 49.4 Å². The molecule has 0 saturated carbocycles. The fourth-order valence-electron chi connectivity index (χ4n) is 1.90. The molecule has 2 aromatic carbocycles. The number of benzene rings is 2. The van der Waals surface area contributed by atoms with Crippen molar-refractivity contribution in [2.75, 3.05) is 24.2 Å². The number of rotatable bonds is 6. The highest BCUT2D eigenvalue weighted by Crippen LogP contribution is 2.28. The molecule has 0 bridgehead atoms. The Balaban J connectivity index is 2.29. The number of nitrogen functional groups attached to an aromatic ring is 1. The molecular weight excluding hydrogens is 304 g/mol. The number of hydrogen-bond donors (Lipinski definition) is 2. The molecule has 118 valence electrons. The van der Waals surface area contributed by atoms with Crippen molar-refractivity contribution in [1.82, 2.24) is 0 Å². The topological polar surface area (TPSA) is 90.7 Å². The van der Waals surface area contributed by atoms with Crippen molar-refractivity contribution in [3.8, 4) is 11.5 Å². The van der Waals surface area contributed by atoms with Gasteiger partial charge in [0.1, 0.15) is 16.4 Å². The zero-order chi connectivity index (χ0) is 16.2. The van der Waals surface area contributed by atoms with Crippen LogP contribution >= 0.6 is 0 Å². The summed E-state index contributed by atoms with van der Waals surface area (Å²) in [5, 5.41) is 0. The van der Waals surface area contributed by atoms with Gasteiger partial charge in [0.05, 0.1) is 13.7 Å². The van der Waals surface area contributed by atoms with Crippen LogP contribution in [0.15, 0.2) is 47.4 Å². The molecule has 0 aliphatic heterocycles. The number of nitrogens with two attached hydrogens (primary N) is 1. The molecule has 0 amide bonds. The number of nitrogens with one attached hydrogen (secondary N) is 1. The number of sulfonamides is 1. The molecule has 0 heterocycles. The number of hydrogen-bond acceptors (Lipinski definition) is 5. The number of anilines is 2. The second kappa shape index (κ2) is 6.57. The normalized spacial score (nSPS) is 11.0. The third-order valence-electron chi connectivity index (χ3n) is 2.89. The zero-order valence-electron chi connectivity index (χ0n) is 12.4. The molecule has 2 aromatic rings. The average molecular weight is 322 g/mol. The third-order valence-corrected chi connectivity index (χ3v) is 4.30. The number of methoxy groups -OCH3 is 1. The molecule has 7 heteroatoms. The van der Waals surface area contributed by atoms with Gasteiger partial charge in [-0.1, -0.05) is 0 Å². The fraction of sp³-hybridized carbons (Fsp3) is 0.200. The van der Waals surface area contributed by atoms with Gasteiger partial charge >= 0.3 is 0 Å². The highest BCUT2D eigenvalue weighted by atomic mass is 32.2. The fourth-order valence-corrected chi connectivity index (χ4v) is 3.16. The molecule has 0 aliphatic carbocycles. The highest BCUT2D eigenvalue weighted by molar-refractivity contribution is 7.92. The van der Waals surface area contributed by atoms with Crippen LogP contribution in [0, 0.1) is 0 Å². The maximum Gasteiger partial charge on any atom is 0.265 e. The summed E-state index contributed by atoms with van der Waals surface area (Å²) < 4.78 is 37.8. The van der Waals surface area contributed by atoms with Gasteiger partial charge in [0.25, 0.3) is 10.0 Å². The minimum Gasteiger partial charge on any atom is -0.495 e. The summed E-state index contributed by atoms with van der Waals surface area (Å²) in [5.74, 6) is 0.902. The smallest absolute Gasteiger partial charge is 0.265 e.